The summed E-state index contributed by atoms with van der Waals surface area (Å²) in [5.74, 6) is -0.518. The molecule has 1 saturated carbocycles. The van der Waals surface area contributed by atoms with Crippen molar-refractivity contribution in [2.45, 2.75) is 18.9 Å². The standard InChI is InChI=1S/C5H7NO3S/c7-5(3-10(8)9)6-4-1-2-4/h3-4H,1-2H2,(H,6,7). The summed E-state index contributed by atoms with van der Waals surface area (Å²) in [6, 6.07) is 0.215. The van der Waals surface area contributed by atoms with Crippen molar-refractivity contribution in [2.24, 2.45) is 0 Å². The summed E-state index contributed by atoms with van der Waals surface area (Å²) in [6.07, 6.45) is 1.93. The Morgan fingerprint density at radius 3 is 2.50 bits per heavy atom. The summed E-state index contributed by atoms with van der Waals surface area (Å²) in [5.41, 5.74) is 0. The molecule has 0 aromatic rings. The Labute approximate surface area is 59.8 Å². The smallest absolute Gasteiger partial charge is 0.259 e. The average molecular weight is 161 g/mol. The maximum Gasteiger partial charge on any atom is 0.259 e. The highest BCUT2D eigenvalue weighted by Gasteiger charge is 2.22. The van der Waals surface area contributed by atoms with Gasteiger partial charge in [-0.15, -0.1) is 0 Å². The molecule has 0 aromatic carbocycles. The number of hydrogen-bond acceptors (Lipinski definition) is 3. The van der Waals surface area contributed by atoms with Crippen LogP contribution in [0.4, 0.5) is 0 Å². The highest BCUT2D eigenvalue weighted by Crippen LogP contribution is 2.17. The SMILES string of the molecule is O=C(C=S(=O)=O)NC1CC1. The fourth-order valence-corrected chi connectivity index (χ4v) is 0.793. The molecule has 0 bridgehead atoms. The number of nitrogens with one attached hydrogen (secondary N) is 1. The van der Waals surface area contributed by atoms with Crippen LogP contribution in [0, 0.1) is 0 Å². The molecular formula is C5H7NO3S. The topological polar surface area (TPSA) is 63.2 Å². The van der Waals surface area contributed by atoms with Gasteiger partial charge in [0.15, 0.2) is 0 Å². The van der Waals surface area contributed by atoms with E-state index in [2.05, 4.69) is 5.32 Å². The molecule has 1 rings (SSSR count). The van der Waals surface area contributed by atoms with Crippen LogP contribution in [-0.4, -0.2) is 25.7 Å². The molecule has 0 atom stereocenters. The summed E-state index contributed by atoms with van der Waals surface area (Å²) in [4.78, 5) is 10.5. The molecule has 0 unspecified atom stereocenters. The Morgan fingerprint density at radius 1 is 1.50 bits per heavy atom. The van der Waals surface area contributed by atoms with Gasteiger partial charge >= 0.3 is 0 Å². The van der Waals surface area contributed by atoms with E-state index in [0.29, 0.717) is 5.37 Å². The van der Waals surface area contributed by atoms with Crippen LogP contribution >= 0.6 is 0 Å². The highest BCUT2D eigenvalue weighted by molar-refractivity contribution is 7.73. The number of hydrogen-bond donors (Lipinski definition) is 1. The zero-order chi connectivity index (χ0) is 7.56. The zero-order valence-electron chi connectivity index (χ0n) is 5.20. The minimum absolute atomic E-state index is 0.215. The summed E-state index contributed by atoms with van der Waals surface area (Å²) in [6.45, 7) is 0. The van der Waals surface area contributed by atoms with Gasteiger partial charge in [0.1, 0.15) is 5.37 Å². The third-order valence-corrected chi connectivity index (χ3v) is 1.53. The van der Waals surface area contributed by atoms with Crippen molar-refractivity contribution in [1.29, 1.82) is 0 Å². The van der Waals surface area contributed by atoms with Crippen molar-refractivity contribution in [3.63, 3.8) is 0 Å². The Balaban J connectivity index is 2.41. The van der Waals surface area contributed by atoms with E-state index in [1.165, 1.54) is 0 Å². The van der Waals surface area contributed by atoms with Crippen molar-refractivity contribution in [3.05, 3.63) is 0 Å². The molecule has 0 saturated heterocycles. The van der Waals surface area contributed by atoms with E-state index in [-0.39, 0.29) is 6.04 Å². The third kappa shape index (κ3) is 2.63. The van der Waals surface area contributed by atoms with Crippen LogP contribution in [0.2, 0.25) is 0 Å². The molecule has 10 heavy (non-hydrogen) atoms. The van der Waals surface area contributed by atoms with E-state index < -0.39 is 16.2 Å². The molecular weight excluding hydrogens is 154 g/mol. The second kappa shape index (κ2) is 2.83. The lowest BCUT2D eigenvalue weighted by Gasteiger charge is -1.92. The first kappa shape index (κ1) is 7.27. The number of carbonyl (C=O) groups excluding carboxylic acids is 1. The zero-order valence-corrected chi connectivity index (χ0v) is 6.02. The van der Waals surface area contributed by atoms with Gasteiger partial charge in [0.2, 0.25) is 10.3 Å². The lowest BCUT2D eigenvalue weighted by molar-refractivity contribution is -0.114. The molecule has 5 heteroatoms. The van der Waals surface area contributed by atoms with E-state index in [1.54, 1.807) is 0 Å². The van der Waals surface area contributed by atoms with Crippen LogP contribution in [0.25, 0.3) is 0 Å². The minimum atomic E-state index is -2.37. The van der Waals surface area contributed by atoms with Gasteiger partial charge in [-0.25, -0.2) is 0 Å². The molecule has 4 nitrogen and oxygen atoms in total. The molecule has 1 N–H and O–H groups in total. The van der Waals surface area contributed by atoms with E-state index in [1.807, 2.05) is 0 Å². The third-order valence-electron chi connectivity index (χ3n) is 1.13. The Bertz CT molecular complexity index is 255. The van der Waals surface area contributed by atoms with Gasteiger partial charge in [-0.05, 0) is 12.8 Å². The molecule has 0 aliphatic heterocycles. The van der Waals surface area contributed by atoms with Gasteiger partial charge in [0.25, 0.3) is 5.91 Å². The molecule has 0 spiro atoms. The largest absolute Gasteiger partial charge is 0.349 e. The second-order valence-corrected chi connectivity index (χ2v) is 2.92. The van der Waals surface area contributed by atoms with Crippen LogP contribution in [0.3, 0.4) is 0 Å². The normalized spacial score (nSPS) is 16.0. The molecule has 56 valence electrons. The average Bonchev–Trinajstić information content (AvgIpc) is 2.46. The molecule has 1 aliphatic carbocycles. The Kier molecular flexibility index (Phi) is 2.06. The van der Waals surface area contributed by atoms with E-state index in [9.17, 15) is 13.2 Å². The number of carbonyl (C=O) groups is 1. The lowest BCUT2D eigenvalue weighted by atomic mass is 10.6. The van der Waals surface area contributed by atoms with Gasteiger partial charge in [0.05, 0.1) is 0 Å². The Morgan fingerprint density at radius 2 is 2.10 bits per heavy atom. The predicted molar refractivity (Wildman–Crippen MR) is 36.1 cm³/mol. The second-order valence-electron chi connectivity index (χ2n) is 2.16. The summed E-state index contributed by atoms with van der Waals surface area (Å²) in [5, 5.41) is 3.13. The summed E-state index contributed by atoms with van der Waals surface area (Å²) >= 11 is 0. The van der Waals surface area contributed by atoms with E-state index in [0.717, 1.165) is 12.8 Å². The number of amides is 1. The van der Waals surface area contributed by atoms with Crippen molar-refractivity contribution in [1.82, 2.24) is 5.32 Å². The monoisotopic (exact) mass is 161 g/mol. The van der Waals surface area contributed by atoms with E-state index >= 15 is 0 Å². The maximum atomic E-state index is 10.5. The lowest BCUT2D eigenvalue weighted by Crippen LogP contribution is -2.26. The van der Waals surface area contributed by atoms with Crippen molar-refractivity contribution >= 4 is 21.6 Å². The molecule has 0 heterocycles. The fourth-order valence-electron chi connectivity index (χ4n) is 0.550. The van der Waals surface area contributed by atoms with Gasteiger partial charge in [-0.3, -0.25) is 4.79 Å². The van der Waals surface area contributed by atoms with Crippen LogP contribution in [-0.2, 0) is 15.1 Å². The summed E-state index contributed by atoms with van der Waals surface area (Å²) < 4.78 is 19.8. The van der Waals surface area contributed by atoms with Gasteiger partial charge in [-0.2, -0.15) is 8.42 Å². The van der Waals surface area contributed by atoms with Gasteiger partial charge in [-0.1, -0.05) is 0 Å². The van der Waals surface area contributed by atoms with Crippen LogP contribution < -0.4 is 5.32 Å². The maximum absolute atomic E-state index is 10.5. The van der Waals surface area contributed by atoms with Crippen LogP contribution in [0.15, 0.2) is 0 Å². The van der Waals surface area contributed by atoms with Crippen molar-refractivity contribution in [2.75, 3.05) is 0 Å². The van der Waals surface area contributed by atoms with Gasteiger partial charge < -0.3 is 5.32 Å². The number of rotatable bonds is 2. The highest BCUT2D eigenvalue weighted by atomic mass is 32.2. The quantitative estimate of drug-likeness (QED) is 0.525. The van der Waals surface area contributed by atoms with Crippen LogP contribution in [0.5, 0.6) is 0 Å². The minimum Gasteiger partial charge on any atom is -0.349 e. The van der Waals surface area contributed by atoms with Crippen molar-refractivity contribution in [3.8, 4) is 0 Å². The van der Waals surface area contributed by atoms with Gasteiger partial charge in [0, 0.05) is 6.04 Å². The summed E-state index contributed by atoms with van der Waals surface area (Å²) in [7, 11) is -2.37. The van der Waals surface area contributed by atoms with Crippen molar-refractivity contribution < 1.29 is 13.2 Å². The first-order valence-corrected chi connectivity index (χ1v) is 4.06. The fraction of sp³-hybridized carbons (Fsp3) is 0.600. The molecule has 1 amide bonds. The predicted octanol–water partition coefficient (Wildman–Crippen LogP) is -1.05. The first-order valence-electron chi connectivity index (χ1n) is 2.92. The molecule has 0 aromatic heterocycles. The van der Waals surface area contributed by atoms with Crippen LogP contribution in [0.1, 0.15) is 12.8 Å². The first-order chi connectivity index (χ1) is 4.68. The molecule has 1 fully saturated rings. The molecule has 0 radical (unpaired) electrons. The van der Waals surface area contributed by atoms with E-state index in [4.69, 9.17) is 0 Å². The molecule has 1 aliphatic rings. The Hall–Kier alpha value is -0.840.